The van der Waals surface area contributed by atoms with E-state index in [1.54, 1.807) is 12.5 Å². The third-order valence-corrected chi connectivity index (χ3v) is 3.55. The number of aromatic nitrogens is 2. The molecule has 1 amide bonds. The summed E-state index contributed by atoms with van der Waals surface area (Å²) in [6.07, 6.45) is 5.43. The molecule has 1 N–H and O–H groups in total. The number of para-hydroxylation sites is 1. The van der Waals surface area contributed by atoms with Crippen LogP contribution in [0.3, 0.4) is 0 Å². The number of carbonyl (C=O) groups is 1. The fraction of sp³-hybridized carbons (Fsp3) is 0.158. The lowest BCUT2D eigenvalue weighted by Gasteiger charge is -2.13. The summed E-state index contributed by atoms with van der Waals surface area (Å²) in [5.74, 6) is 0.731. The standard InChI is InChI=1S/C19H19N3O2/c1-15(23)21-17-6-4-5-16(13-17)18-7-2-3-8-19(18)24-12-11-22-10-9-20-14-22/h2-10,13-14H,11-12H2,1H3,(H,21,23). The third-order valence-electron chi connectivity index (χ3n) is 3.55. The highest BCUT2D eigenvalue weighted by molar-refractivity contribution is 5.89. The number of hydrogen-bond acceptors (Lipinski definition) is 3. The summed E-state index contributed by atoms with van der Waals surface area (Å²) in [6.45, 7) is 2.79. The molecule has 0 aliphatic carbocycles. The van der Waals surface area contributed by atoms with Crippen LogP contribution in [0, 0.1) is 0 Å². The molecule has 2 aromatic carbocycles. The van der Waals surface area contributed by atoms with Crippen molar-refractivity contribution in [1.29, 1.82) is 0 Å². The van der Waals surface area contributed by atoms with E-state index in [2.05, 4.69) is 10.3 Å². The molecule has 3 aromatic rings. The Bertz CT molecular complexity index is 813. The van der Waals surface area contributed by atoms with E-state index >= 15 is 0 Å². The van der Waals surface area contributed by atoms with Crippen LogP contribution < -0.4 is 10.1 Å². The molecular weight excluding hydrogens is 302 g/mol. The first kappa shape index (κ1) is 15.8. The van der Waals surface area contributed by atoms with Gasteiger partial charge in [0.2, 0.25) is 5.91 Å². The Labute approximate surface area is 140 Å². The Balaban J connectivity index is 1.77. The zero-order valence-electron chi connectivity index (χ0n) is 13.5. The van der Waals surface area contributed by atoms with Gasteiger partial charge in [0.05, 0.1) is 12.9 Å². The van der Waals surface area contributed by atoms with E-state index in [0.717, 1.165) is 29.1 Å². The number of hydrogen-bond donors (Lipinski definition) is 1. The van der Waals surface area contributed by atoms with E-state index in [9.17, 15) is 4.79 Å². The van der Waals surface area contributed by atoms with E-state index < -0.39 is 0 Å². The molecule has 0 saturated carbocycles. The summed E-state index contributed by atoms with van der Waals surface area (Å²) in [5, 5.41) is 2.81. The fourth-order valence-electron chi connectivity index (χ4n) is 2.48. The van der Waals surface area contributed by atoms with Gasteiger partial charge in [-0.15, -0.1) is 0 Å². The zero-order chi connectivity index (χ0) is 16.8. The van der Waals surface area contributed by atoms with Crippen molar-refractivity contribution in [2.24, 2.45) is 0 Å². The molecule has 1 heterocycles. The van der Waals surface area contributed by atoms with E-state index in [0.29, 0.717) is 6.61 Å². The van der Waals surface area contributed by atoms with Gasteiger partial charge >= 0.3 is 0 Å². The number of rotatable bonds is 6. The highest BCUT2D eigenvalue weighted by atomic mass is 16.5. The minimum Gasteiger partial charge on any atom is -0.491 e. The molecule has 5 nitrogen and oxygen atoms in total. The van der Waals surface area contributed by atoms with Crippen LogP contribution in [0.15, 0.2) is 67.3 Å². The van der Waals surface area contributed by atoms with Crippen molar-refractivity contribution in [3.05, 3.63) is 67.3 Å². The molecule has 0 saturated heterocycles. The van der Waals surface area contributed by atoms with Gasteiger partial charge in [0, 0.05) is 30.6 Å². The van der Waals surface area contributed by atoms with Crippen LogP contribution in [0.4, 0.5) is 5.69 Å². The van der Waals surface area contributed by atoms with Crippen molar-refractivity contribution in [3.63, 3.8) is 0 Å². The largest absolute Gasteiger partial charge is 0.491 e. The number of benzene rings is 2. The first-order chi connectivity index (χ1) is 11.7. The Morgan fingerprint density at radius 3 is 2.88 bits per heavy atom. The van der Waals surface area contributed by atoms with Crippen molar-refractivity contribution in [3.8, 4) is 16.9 Å². The van der Waals surface area contributed by atoms with Gasteiger partial charge in [-0.2, -0.15) is 0 Å². The number of imidazole rings is 1. The normalized spacial score (nSPS) is 10.4. The topological polar surface area (TPSA) is 56.1 Å². The average Bonchev–Trinajstić information content (AvgIpc) is 3.08. The smallest absolute Gasteiger partial charge is 0.221 e. The Morgan fingerprint density at radius 2 is 2.08 bits per heavy atom. The minimum atomic E-state index is -0.0861. The van der Waals surface area contributed by atoms with Gasteiger partial charge in [-0.1, -0.05) is 30.3 Å². The monoisotopic (exact) mass is 321 g/mol. The second-order valence-electron chi connectivity index (χ2n) is 5.41. The van der Waals surface area contributed by atoms with Crippen molar-refractivity contribution in [2.45, 2.75) is 13.5 Å². The van der Waals surface area contributed by atoms with E-state index in [1.165, 1.54) is 6.92 Å². The van der Waals surface area contributed by atoms with E-state index in [-0.39, 0.29) is 5.91 Å². The highest BCUT2D eigenvalue weighted by Crippen LogP contribution is 2.31. The molecule has 1 aromatic heterocycles. The summed E-state index contributed by atoms with van der Waals surface area (Å²) in [6, 6.07) is 15.6. The lowest BCUT2D eigenvalue weighted by Crippen LogP contribution is -2.07. The minimum absolute atomic E-state index is 0.0861. The molecule has 5 heteroatoms. The van der Waals surface area contributed by atoms with Crippen molar-refractivity contribution in [1.82, 2.24) is 9.55 Å². The second-order valence-corrected chi connectivity index (χ2v) is 5.41. The molecule has 24 heavy (non-hydrogen) atoms. The van der Waals surface area contributed by atoms with Gasteiger partial charge in [0.1, 0.15) is 12.4 Å². The summed E-state index contributed by atoms with van der Waals surface area (Å²) < 4.78 is 7.92. The molecule has 0 aliphatic heterocycles. The van der Waals surface area contributed by atoms with Crippen LogP contribution in [-0.2, 0) is 11.3 Å². The van der Waals surface area contributed by atoms with Gasteiger partial charge < -0.3 is 14.6 Å². The quantitative estimate of drug-likeness (QED) is 0.755. The number of amides is 1. The first-order valence-corrected chi connectivity index (χ1v) is 7.78. The van der Waals surface area contributed by atoms with E-state index in [4.69, 9.17) is 4.74 Å². The van der Waals surface area contributed by atoms with Crippen molar-refractivity contribution >= 4 is 11.6 Å². The molecule has 0 aliphatic rings. The molecule has 0 bridgehead atoms. The molecule has 0 atom stereocenters. The van der Waals surface area contributed by atoms with Gasteiger partial charge in [-0.05, 0) is 23.8 Å². The third kappa shape index (κ3) is 4.01. The number of nitrogens with one attached hydrogen (secondary N) is 1. The van der Waals surface area contributed by atoms with Crippen LogP contribution >= 0.6 is 0 Å². The maximum atomic E-state index is 11.2. The molecule has 0 radical (unpaired) electrons. The van der Waals surface area contributed by atoms with Gasteiger partial charge in [-0.3, -0.25) is 4.79 Å². The first-order valence-electron chi connectivity index (χ1n) is 7.78. The molecule has 3 rings (SSSR count). The van der Waals surface area contributed by atoms with Gasteiger partial charge in [0.25, 0.3) is 0 Å². The van der Waals surface area contributed by atoms with Crippen molar-refractivity contribution < 1.29 is 9.53 Å². The predicted molar refractivity (Wildman–Crippen MR) is 93.9 cm³/mol. The maximum absolute atomic E-state index is 11.2. The number of ether oxygens (including phenoxy) is 1. The summed E-state index contributed by atoms with van der Waals surface area (Å²) in [7, 11) is 0. The summed E-state index contributed by atoms with van der Waals surface area (Å²) >= 11 is 0. The number of nitrogens with zero attached hydrogens (tertiary/aromatic N) is 2. The molecule has 0 unspecified atom stereocenters. The van der Waals surface area contributed by atoms with Gasteiger partial charge in [-0.25, -0.2) is 4.98 Å². The maximum Gasteiger partial charge on any atom is 0.221 e. The Kier molecular flexibility index (Phi) is 4.91. The Hall–Kier alpha value is -3.08. The number of carbonyl (C=O) groups excluding carboxylic acids is 1. The summed E-state index contributed by atoms with van der Waals surface area (Å²) in [5.41, 5.74) is 2.77. The second kappa shape index (κ2) is 7.46. The fourth-order valence-corrected chi connectivity index (χ4v) is 2.48. The lowest BCUT2D eigenvalue weighted by molar-refractivity contribution is -0.114. The van der Waals surface area contributed by atoms with Gasteiger partial charge in [0.15, 0.2) is 0 Å². The van der Waals surface area contributed by atoms with E-state index in [1.807, 2.05) is 59.3 Å². The number of anilines is 1. The van der Waals surface area contributed by atoms with Crippen LogP contribution in [0.1, 0.15) is 6.92 Å². The van der Waals surface area contributed by atoms with Crippen LogP contribution in [-0.4, -0.2) is 22.1 Å². The molecular formula is C19H19N3O2. The van der Waals surface area contributed by atoms with Crippen LogP contribution in [0.25, 0.3) is 11.1 Å². The molecule has 0 spiro atoms. The predicted octanol–water partition coefficient (Wildman–Crippen LogP) is 3.59. The molecule has 0 fully saturated rings. The Morgan fingerprint density at radius 1 is 1.21 bits per heavy atom. The zero-order valence-corrected chi connectivity index (χ0v) is 13.5. The molecule has 122 valence electrons. The van der Waals surface area contributed by atoms with Crippen molar-refractivity contribution in [2.75, 3.05) is 11.9 Å². The lowest BCUT2D eigenvalue weighted by atomic mass is 10.0. The van der Waals surface area contributed by atoms with Crippen LogP contribution in [0.5, 0.6) is 5.75 Å². The highest BCUT2D eigenvalue weighted by Gasteiger charge is 2.07. The van der Waals surface area contributed by atoms with Crippen LogP contribution in [0.2, 0.25) is 0 Å². The summed E-state index contributed by atoms with van der Waals surface area (Å²) in [4.78, 5) is 15.3. The SMILES string of the molecule is CC(=O)Nc1cccc(-c2ccccc2OCCn2ccnc2)c1. The average molecular weight is 321 g/mol.